The van der Waals surface area contributed by atoms with E-state index in [0.29, 0.717) is 11.3 Å². The largest absolute Gasteiger partial charge is 0.452 e. The summed E-state index contributed by atoms with van der Waals surface area (Å²) in [7, 11) is 0. The van der Waals surface area contributed by atoms with Crippen LogP contribution in [0.15, 0.2) is 48.5 Å². The summed E-state index contributed by atoms with van der Waals surface area (Å²) in [6.07, 6.45) is 0. The summed E-state index contributed by atoms with van der Waals surface area (Å²) in [5, 5.41) is 2.48. The van der Waals surface area contributed by atoms with Crippen LogP contribution in [-0.4, -0.2) is 25.1 Å². The number of carbonyl (C=O) groups is 2. The fraction of sp³-hybridized carbons (Fsp3) is 0.176. The number of ether oxygens (including phenoxy) is 2. The highest BCUT2D eigenvalue weighted by Gasteiger charge is 2.10. The van der Waals surface area contributed by atoms with E-state index >= 15 is 0 Å². The highest BCUT2D eigenvalue weighted by molar-refractivity contribution is 5.95. The van der Waals surface area contributed by atoms with Gasteiger partial charge in [0.05, 0.1) is 5.56 Å². The van der Waals surface area contributed by atoms with Crippen LogP contribution in [0, 0.1) is 6.92 Å². The van der Waals surface area contributed by atoms with E-state index in [9.17, 15) is 18.4 Å². The lowest BCUT2D eigenvalue weighted by Crippen LogP contribution is -2.20. The minimum absolute atomic E-state index is 0.0196. The Morgan fingerprint density at radius 1 is 1.04 bits per heavy atom. The zero-order valence-corrected chi connectivity index (χ0v) is 12.8. The highest BCUT2D eigenvalue weighted by atomic mass is 19.3. The third-order valence-electron chi connectivity index (χ3n) is 2.98. The van der Waals surface area contributed by atoms with E-state index in [1.54, 1.807) is 24.3 Å². The van der Waals surface area contributed by atoms with Gasteiger partial charge in [-0.1, -0.05) is 17.7 Å². The van der Waals surface area contributed by atoms with E-state index in [0.717, 1.165) is 5.56 Å². The Hall–Kier alpha value is -2.96. The monoisotopic (exact) mass is 335 g/mol. The second kappa shape index (κ2) is 8.05. The van der Waals surface area contributed by atoms with Crippen LogP contribution < -0.4 is 10.1 Å². The summed E-state index contributed by atoms with van der Waals surface area (Å²) in [5.41, 5.74) is 1.72. The van der Waals surface area contributed by atoms with Crippen LogP contribution >= 0.6 is 0 Å². The van der Waals surface area contributed by atoms with E-state index in [4.69, 9.17) is 4.74 Å². The first-order chi connectivity index (χ1) is 11.4. The number of carbonyl (C=O) groups excluding carboxylic acids is 2. The number of aryl methyl sites for hydroxylation is 1. The number of hydrogen-bond acceptors (Lipinski definition) is 4. The molecule has 0 aliphatic carbocycles. The summed E-state index contributed by atoms with van der Waals surface area (Å²) in [5.74, 6) is -1.17. The van der Waals surface area contributed by atoms with Crippen LogP contribution in [0.2, 0.25) is 0 Å². The smallest absolute Gasteiger partial charge is 0.387 e. The van der Waals surface area contributed by atoms with Crippen LogP contribution in [0.1, 0.15) is 15.9 Å². The number of hydrogen-bond donors (Lipinski definition) is 1. The Labute approximate surface area is 137 Å². The normalized spacial score (nSPS) is 10.3. The van der Waals surface area contributed by atoms with Gasteiger partial charge in [0.15, 0.2) is 6.61 Å². The molecule has 0 bridgehead atoms. The zero-order valence-electron chi connectivity index (χ0n) is 12.8. The van der Waals surface area contributed by atoms with Crippen molar-refractivity contribution < 1.29 is 27.8 Å². The van der Waals surface area contributed by atoms with E-state index in [-0.39, 0.29) is 5.75 Å². The van der Waals surface area contributed by atoms with Gasteiger partial charge in [0.1, 0.15) is 5.75 Å². The van der Waals surface area contributed by atoms with Gasteiger partial charge in [-0.2, -0.15) is 8.78 Å². The van der Waals surface area contributed by atoms with E-state index in [1.807, 2.05) is 6.92 Å². The molecule has 2 aromatic rings. The second-order valence-electron chi connectivity index (χ2n) is 4.89. The van der Waals surface area contributed by atoms with Crippen molar-refractivity contribution in [2.24, 2.45) is 0 Å². The summed E-state index contributed by atoms with van der Waals surface area (Å²) in [4.78, 5) is 23.5. The van der Waals surface area contributed by atoms with Crippen molar-refractivity contribution in [2.75, 3.05) is 11.9 Å². The predicted octanol–water partition coefficient (Wildman–Crippen LogP) is 3.39. The molecule has 0 radical (unpaired) electrons. The number of halogens is 2. The molecule has 126 valence electrons. The van der Waals surface area contributed by atoms with Gasteiger partial charge in [0, 0.05) is 5.69 Å². The molecule has 2 rings (SSSR count). The maximum absolute atomic E-state index is 12.0. The fourth-order valence-electron chi connectivity index (χ4n) is 1.82. The number of rotatable bonds is 6. The molecule has 0 fully saturated rings. The molecule has 0 aliphatic rings. The van der Waals surface area contributed by atoms with Crippen molar-refractivity contribution in [3.63, 3.8) is 0 Å². The third-order valence-corrected chi connectivity index (χ3v) is 2.98. The van der Waals surface area contributed by atoms with Crippen LogP contribution in [0.3, 0.4) is 0 Å². The summed E-state index contributed by atoms with van der Waals surface area (Å²) in [6, 6.07) is 12.1. The summed E-state index contributed by atoms with van der Waals surface area (Å²) < 4.78 is 33.2. The number of anilines is 1. The molecule has 7 heteroatoms. The molecule has 0 unspecified atom stereocenters. The average molecular weight is 335 g/mol. The molecule has 1 amide bonds. The topological polar surface area (TPSA) is 64.6 Å². The molecule has 0 heterocycles. The molecule has 0 saturated heterocycles. The van der Waals surface area contributed by atoms with Gasteiger partial charge in [0.25, 0.3) is 5.91 Å². The highest BCUT2D eigenvalue weighted by Crippen LogP contribution is 2.17. The van der Waals surface area contributed by atoms with E-state index in [1.165, 1.54) is 24.3 Å². The minimum atomic E-state index is -2.91. The number of benzene rings is 2. The minimum Gasteiger partial charge on any atom is -0.452 e. The standard InChI is InChI=1S/C17H15F2NO4/c1-11-2-4-12(5-3-11)16(22)23-10-15(21)20-13-6-8-14(9-7-13)24-17(18)19/h2-9,17H,10H2,1H3,(H,20,21). The van der Waals surface area contributed by atoms with Gasteiger partial charge in [0.2, 0.25) is 0 Å². The lowest BCUT2D eigenvalue weighted by Gasteiger charge is -2.08. The van der Waals surface area contributed by atoms with Crippen molar-refractivity contribution in [1.29, 1.82) is 0 Å². The van der Waals surface area contributed by atoms with Gasteiger partial charge in [-0.25, -0.2) is 4.79 Å². The Morgan fingerprint density at radius 2 is 1.67 bits per heavy atom. The third kappa shape index (κ3) is 5.35. The number of esters is 1. The molecular formula is C17H15F2NO4. The molecule has 2 aromatic carbocycles. The van der Waals surface area contributed by atoms with Gasteiger partial charge in [-0.3, -0.25) is 4.79 Å². The lowest BCUT2D eigenvalue weighted by molar-refractivity contribution is -0.119. The molecule has 1 N–H and O–H groups in total. The van der Waals surface area contributed by atoms with Gasteiger partial charge >= 0.3 is 12.6 Å². The molecule has 24 heavy (non-hydrogen) atoms. The predicted molar refractivity (Wildman–Crippen MR) is 83.2 cm³/mol. The van der Waals surface area contributed by atoms with Crippen molar-refractivity contribution in [1.82, 2.24) is 0 Å². The van der Waals surface area contributed by atoms with E-state index < -0.39 is 25.1 Å². The molecule has 0 saturated carbocycles. The molecule has 0 atom stereocenters. The first-order valence-electron chi connectivity index (χ1n) is 7.02. The average Bonchev–Trinajstić information content (AvgIpc) is 2.54. The quantitative estimate of drug-likeness (QED) is 0.822. The SMILES string of the molecule is Cc1ccc(C(=O)OCC(=O)Nc2ccc(OC(F)F)cc2)cc1. The fourth-order valence-corrected chi connectivity index (χ4v) is 1.82. The number of alkyl halides is 2. The maximum atomic E-state index is 12.0. The Balaban J connectivity index is 1.82. The van der Waals surface area contributed by atoms with Gasteiger partial charge < -0.3 is 14.8 Å². The number of amides is 1. The lowest BCUT2D eigenvalue weighted by atomic mass is 10.1. The van der Waals surface area contributed by atoms with Crippen molar-refractivity contribution in [3.8, 4) is 5.75 Å². The Bertz CT molecular complexity index is 700. The van der Waals surface area contributed by atoms with E-state index in [2.05, 4.69) is 10.1 Å². The summed E-state index contributed by atoms with van der Waals surface area (Å²) >= 11 is 0. The van der Waals surface area contributed by atoms with Crippen LogP contribution in [0.25, 0.3) is 0 Å². The zero-order chi connectivity index (χ0) is 17.5. The molecule has 0 spiro atoms. The molecule has 5 nitrogen and oxygen atoms in total. The Kier molecular flexibility index (Phi) is 5.83. The molecular weight excluding hydrogens is 320 g/mol. The van der Waals surface area contributed by atoms with Gasteiger partial charge in [-0.05, 0) is 43.3 Å². The molecule has 0 aliphatic heterocycles. The van der Waals surface area contributed by atoms with Crippen molar-refractivity contribution in [3.05, 3.63) is 59.7 Å². The van der Waals surface area contributed by atoms with Crippen molar-refractivity contribution in [2.45, 2.75) is 13.5 Å². The maximum Gasteiger partial charge on any atom is 0.387 e. The van der Waals surface area contributed by atoms with Crippen LogP contribution in [-0.2, 0) is 9.53 Å². The van der Waals surface area contributed by atoms with Crippen LogP contribution in [0.4, 0.5) is 14.5 Å². The second-order valence-corrected chi connectivity index (χ2v) is 4.89. The van der Waals surface area contributed by atoms with Crippen molar-refractivity contribution >= 4 is 17.6 Å². The first kappa shape index (κ1) is 17.4. The summed E-state index contributed by atoms with van der Waals surface area (Å²) in [6.45, 7) is -1.48. The molecule has 0 aromatic heterocycles. The van der Waals surface area contributed by atoms with Crippen LogP contribution in [0.5, 0.6) is 5.75 Å². The number of nitrogens with one attached hydrogen (secondary N) is 1. The van der Waals surface area contributed by atoms with Gasteiger partial charge in [-0.15, -0.1) is 0 Å². The Morgan fingerprint density at radius 3 is 2.25 bits per heavy atom. The first-order valence-corrected chi connectivity index (χ1v) is 7.02.